The van der Waals surface area contributed by atoms with Gasteiger partial charge in [-0.15, -0.1) is 11.3 Å². The molecule has 28 heavy (non-hydrogen) atoms. The quantitative estimate of drug-likeness (QED) is 0.485. The fraction of sp³-hybridized carbons (Fsp3) is 0.182. The molecule has 0 bridgehead atoms. The predicted molar refractivity (Wildman–Crippen MR) is 113 cm³/mol. The number of hydrogen-bond donors (Lipinski definition) is 0. The molecule has 0 fully saturated rings. The molecule has 0 unspecified atom stereocenters. The van der Waals surface area contributed by atoms with Crippen molar-refractivity contribution in [3.05, 3.63) is 77.3 Å². The number of nitrogens with zero attached hydrogens (tertiary/aromatic N) is 3. The predicted octanol–water partition coefficient (Wildman–Crippen LogP) is 4.55. The van der Waals surface area contributed by atoms with Crippen LogP contribution in [0.5, 0.6) is 5.75 Å². The minimum Gasteiger partial charge on any atom is -0.492 e. The third kappa shape index (κ3) is 3.64. The summed E-state index contributed by atoms with van der Waals surface area (Å²) in [5.41, 5.74) is 1.91. The minimum atomic E-state index is -0.00290. The van der Waals surface area contributed by atoms with Crippen LogP contribution in [0.3, 0.4) is 0 Å². The molecule has 0 saturated carbocycles. The summed E-state index contributed by atoms with van der Waals surface area (Å²) in [5.74, 6) is 0.806. The molecule has 0 aliphatic rings. The smallest absolute Gasteiger partial charge is 0.263 e. The highest BCUT2D eigenvalue weighted by molar-refractivity contribution is 7.20. The first-order valence-electron chi connectivity index (χ1n) is 9.11. The van der Waals surface area contributed by atoms with Gasteiger partial charge in [0.25, 0.3) is 5.91 Å². The molecule has 0 atom stereocenters. The maximum atomic E-state index is 12.9. The summed E-state index contributed by atoms with van der Waals surface area (Å²) in [6.45, 7) is 2.94. The molecule has 0 aliphatic heterocycles. The second kappa shape index (κ2) is 7.86. The zero-order chi connectivity index (χ0) is 19.5. The summed E-state index contributed by atoms with van der Waals surface area (Å²) in [6.07, 6.45) is 0. The lowest BCUT2D eigenvalue weighted by atomic mass is 10.3. The van der Waals surface area contributed by atoms with E-state index in [-0.39, 0.29) is 5.91 Å². The first-order chi connectivity index (χ1) is 13.6. The molecule has 5 nitrogen and oxygen atoms in total. The van der Waals surface area contributed by atoms with Gasteiger partial charge >= 0.3 is 0 Å². The van der Waals surface area contributed by atoms with Crippen LogP contribution in [-0.2, 0) is 0 Å². The number of aryl methyl sites for hydroxylation is 1. The molecule has 0 aliphatic carbocycles. The van der Waals surface area contributed by atoms with Crippen LogP contribution in [0.2, 0.25) is 0 Å². The molecule has 1 amide bonds. The lowest BCUT2D eigenvalue weighted by Crippen LogP contribution is -2.30. The fourth-order valence-electron chi connectivity index (χ4n) is 3.00. The van der Waals surface area contributed by atoms with E-state index in [9.17, 15) is 4.79 Å². The molecular weight excluding hydrogens is 370 g/mol. The summed E-state index contributed by atoms with van der Waals surface area (Å²) in [5, 5.41) is 5.65. The Morgan fingerprint density at radius 1 is 1.11 bits per heavy atom. The van der Waals surface area contributed by atoms with E-state index >= 15 is 0 Å². The zero-order valence-corrected chi connectivity index (χ0v) is 16.6. The van der Waals surface area contributed by atoms with E-state index in [1.165, 1.54) is 11.3 Å². The Hall–Kier alpha value is -3.12. The molecular formula is C22H21N3O2S. The van der Waals surface area contributed by atoms with Gasteiger partial charge < -0.3 is 9.64 Å². The van der Waals surface area contributed by atoms with Crippen LogP contribution in [0.25, 0.3) is 15.9 Å². The van der Waals surface area contributed by atoms with E-state index in [1.54, 1.807) is 11.9 Å². The highest BCUT2D eigenvalue weighted by Crippen LogP contribution is 2.31. The number of benzene rings is 2. The number of fused-ring (bicyclic) bond motifs is 1. The van der Waals surface area contributed by atoms with Crippen LogP contribution >= 0.6 is 11.3 Å². The van der Waals surface area contributed by atoms with Crippen LogP contribution in [0.1, 0.15) is 15.4 Å². The molecule has 6 heteroatoms. The lowest BCUT2D eigenvalue weighted by molar-refractivity contribution is 0.0778. The van der Waals surface area contributed by atoms with Crippen molar-refractivity contribution >= 4 is 27.5 Å². The topological polar surface area (TPSA) is 47.4 Å². The molecule has 0 spiro atoms. The van der Waals surface area contributed by atoms with E-state index < -0.39 is 0 Å². The second-order valence-corrected chi connectivity index (χ2v) is 7.58. The number of likely N-dealkylation sites (N-methyl/N-ethyl adjacent to an activating group) is 1. The van der Waals surface area contributed by atoms with E-state index in [2.05, 4.69) is 5.10 Å². The average molecular weight is 391 g/mol. The third-order valence-corrected chi connectivity index (χ3v) is 5.64. The van der Waals surface area contributed by atoms with Crippen molar-refractivity contribution in [3.8, 4) is 11.4 Å². The van der Waals surface area contributed by atoms with Crippen molar-refractivity contribution in [2.45, 2.75) is 6.92 Å². The Labute approximate surface area is 167 Å². The SMILES string of the molecule is Cc1nn(-c2ccccc2)c2sc(C(=O)N(C)CCOc3ccccc3)cc12. The van der Waals surface area contributed by atoms with Crippen molar-refractivity contribution in [1.82, 2.24) is 14.7 Å². The van der Waals surface area contributed by atoms with Gasteiger partial charge in [0.05, 0.1) is 22.8 Å². The van der Waals surface area contributed by atoms with Gasteiger partial charge in [-0.1, -0.05) is 36.4 Å². The molecule has 2 aromatic carbocycles. The molecule has 142 valence electrons. The van der Waals surface area contributed by atoms with Gasteiger partial charge in [0.2, 0.25) is 0 Å². The molecule has 2 aromatic heterocycles. The Kier molecular flexibility index (Phi) is 5.12. The van der Waals surface area contributed by atoms with Crippen LogP contribution < -0.4 is 4.74 Å². The van der Waals surface area contributed by atoms with Gasteiger partial charge in [0.1, 0.15) is 17.2 Å². The zero-order valence-electron chi connectivity index (χ0n) is 15.8. The average Bonchev–Trinajstić information content (AvgIpc) is 3.29. The monoisotopic (exact) mass is 391 g/mol. The number of thiophene rings is 1. The first kappa shape index (κ1) is 18.3. The highest BCUT2D eigenvalue weighted by Gasteiger charge is 2.19. The van der Waals surface area contributed by atoms with Crippen LogP contribution in [-0.4, -0.2) is 40.8 Å². The molecule has 0 saturated heterocycles. The second-order valence-electron chi connectivity index (χ2n) is 6.55. The van der Waals surface area contributed by atoms with E-state index in [4.69, 9.17) is 4.74 Å². The Balaban J connectivity index is 1.50. The van der Waals surface area contributed by atoms with Gasteiger partial charge in [-0.05, 0) is 37.3 Å². The summed E-state index contributed by atoms with van der Waals surface area (Å²) in [7, 11) is 1.80. The number of hydrogen-bond acceptors (Lipinski definition) is 4. The third-order valence-electron chi connectivity index (χ3n) is 4.54. The normalized spacial score (nSPS) is 10.9. The maximum Gasteiger partial charge on any atom is 0.263 e. The number of ether oxygens (including phenoxy) is 1. The highest BCUT2D eigenvalue weighted by atomic mass is 32.1. The van der Waals surface area contributed by atoms with Gasteiger partial charge in [0.15, 0.2) is 0 Å². The largest absolute Gasteiger partial charge is 0.492 e. The molecule has 4 rings (SSSR count). The number of carbonyl (C=O) groups is 1. The molecule has 0 N–H and O–H groups in total. The van der Waals surface area contributed by atoms with E-state index in [0.717, 1.165) is 27.3 Å². The van der Waals surface area contributed by atoms with Crippen LogP contribution in [0.15, 0.2) is 66.7 Å². The summed E-state index contributed by atoms with van der Waals surface area (Å²) in [6, 6.07) is 21.5. The van der Waals surface area contributed by atoms with Crippen molar-refractivity contribution in [2.75, 3.05) is 20.2 Å². The first-order valence-corrected chi connectivity index (χ1v) is 9.93. The maximum absolute atomic E-state index is 12.9. The lowest BCUT2D eigenvalue weighted by Gasteiger charge is -2.16. The summed E-state index contributed by atoms with van der Waals surface area (Å²) < 4.78 is 7.61. The van der Waals surface area contributed by atoms with Crippen LogP contribution in [0, 0.1) is 6.92 Å². The molecule has 0 radical (unpaired) electrons. The van der Waals surface area contributed by atoms with E-state index in [0.29, 0.717) is 18.0 Å². The fourth-order valence-corrected chi connectivity index (χ4v) is 4.18. The van der Waals surface area contributed by atoms with E-state index in [1.807, 2.05) is 78.3 Å². The minimum absolute atomic E-state index is 0.00290. The number of carbonyl (C=O) groups excluding carboxylic acids is 1. The van der Waals surface area contributed by atoms with Crippen LogP contribution in [0.4, 0.5) is 0 Å². The van der Waals surface area contributed by atoms with Gasteiger partial charge in [-0.2, -0.15) is 5.10 Å². The summed E-state index contributed by atoms with van der Waals surface area (Å²) in [4.78, 5) is 16.3. The van der Waals surface area contributed by atoms with Gasteiger partial charge in [0, 0.05) is 12.4 Å². The number of para-hydroxylation sites is 2. The Morgan fingerprint density at radius 3 is 2.50 bits per heavy atom. The molecule has 2 heterocycles. The van der Waals surface area contributed by atoms with Gasteiger partial charge in [-0.3, -0.25) is 4.79 Å². The number of amides is 1. The Morgan fingerprint density at radius 2 is 1.79 bits per heavy atom. The van der Waals surface area contributed by atoms with Crippen molar-refractivity contribution in [3.63, 3.8) is 0 Å². The number of aromatic nitrogens is 2. The Bertz CT molecular complexity index is 1090. The standard InChI is InChI=1S/C22H21N3O2S/c1-16-19-15-20(28-22(19)25(23-16)17-9-5-3-6-10-17)21(26)24(2)13-14-27-18-11-7-4-8-12-18/h3-12,15H,13-14H2,1-2H3. The molecule has 4 aromatic rings. The summed E-state index contributed by atoms with van der Waals surface area (Å²) >= 11 is 1.47. The van der Waals surface area contributed by atoms with Crippen molar-refractivity contribution in [1.29, 1.82) is 0 Å². The van der Waals surface area contributed by atoms with Crippen molar-refractivity contribution in [2.24, 2.45) is 0 Å². The van der Waals surface area contributed by atoms with Crippen molar-refractivity contribution < 1.29 is 9.53 Å². The van der Waals surface area contributed by atoms with Gasteiger partial charge in [-0.25, -0.2) is 4.68 Å². The number of rotatable bonds is 6.